The first-order valence-electron chi connectivity index (χ1n) is 6.02. The predicted octanol–water partition coefficient (Wildman–Crippen LogP) is 1.61. The molecule has 1 saturated heterocycles. The molecule has 1 unspecified atom stereocenters. The Balaban J connectivity index is 1.82. The predicted molar refractivity (Wildman–Crippen MR) is 62.1 cm³/mol. The number of fused-ring (bicyclic) bond motifs is 1. The number of rotatable bonds is 2. The van der Waals surface area contributed by atoms with E-state index >= 15 is 0 Å². The molecule has 0 spiro atoms. The Hall–Kier alpha value is -1.22. The molecule has 1 aromatic rings. The Labute approximate surface area is 95.8 Å². The maximum absolute atomic E-state index is 5.72. The molecule has 3 heteroatoms. The molecule has 2 heterocycles. The zero-order chi connectivity index (χ0) is 10.8. The minimum Gasteiger partial charge on any atom is -0.486 e. The van der Waals surface area contributed by atoms with Crippen LogP contribution in [0, 0.1) is 5.92 Å². The molecular weight excluding hydrogens is 202 g/mol. The highest BCUT2D eigenvalue weighted by Crippen LogP contribution is 2.35. The van der Waals surface area contributed by atoms with Crippen LogP contribution in [0.4, 0.5) is 0 Å². The summed E-state index contributed by atoms with van der Waals surface area (Å²) in [4.78, 5) is 0. The van der Waals surface area contributed by atoms with Crippen LogP contribution in [-0.2, 0) is 6.42 Å². The molecule has 16 heavy (non-hydrogen) atoms. The third kappa shape index (κ3) is 1.87. The van der Waals surface area contributed by atoms with E-state index < -0.39 is 0 Å². The van der Waals surface area contributed by atoms with Crippen LogP contribution in [0.15, 0.2) is 18.2 Å². The molecule has 3 rings (SSSR count). The van der Waals surface area contributed by atoms with Gasteiger partial charge in [-0.2, -0.15) is 0 Å². The summed E-state index contributed by atoms with van der Waals surface area (Å²) in [5.41, 5.74) is 1.30. The molecule has 2 aliphatic heterocycles. The van der Waals surface area contributed by atoms with Crippen molar-refractivity contribution in [2.45, 2.75) is 12.8 Å². The number of hydrogen-bond donors (Lipinski definition) is 1. The summed E-state index contributed by atoms with van der Waals surface area (Å²) < 4.78 is 11.3. The van der Waals surface area contributed by atoms with Gasteiger partial charge in [0.1, 0.15) is 13.2 Å². The number of para-hydroxylation sites is 1. The number of ether oxygens (including phenoxy) is 2. The van der Waals surface area contributed by atoms with Crippen molar-refractivity contribution >= 4 is 0 Å². The van der Waals surface area contributed by atoms with Crippen LogP contribution in [0.3, 0.4) is 0 Å². The molecule has 2 aliphatic rings. The Morgan fingerprint density at radius 2 is 2.19 bits per heavy atom. The maximum atomic E-state index is 5.72. The van der Waals surface area contributed by atoms with Crippen LogP contribution in [0.2, 0.25) is 0 Å². The van der Waals surface area contributed by atoms with E-state index in [9.17, 15) is 0 Å². The number of nitrogens with one attached hydrogen (secondary N) is 1. The molecule has 0 aliphatic carbocycles. The Kier molecular flexibility index (Phi) is 2.70. The molecule has 3 nitrogen and oxygen atoms in total. The second-order valence-corrected chi connectivity index (χ2v) is 4.50. The normalized spacial score (nSPS) is 23.4. The third-order valence-electron chi connectivity index (χ3n) is 3.32. The molecule has 0 aromatic heterocycles. The van der Waals surface area contributed by atoms with Crippen molar-refractivity contribution in [3.05, 3.63) is 23.8 Å². The highest BCUT2D eigenvalue weighted by Gasteiger charge is 2.20. The zero-order valence-electron chi connectivity index (χ0n) is 9.37. The lowest BCUT2D eigenvalue weighted by Crippen LogP contribution is -2.17. The molecule has 0 radical (unpaired) electrons. The van der Waals surface area contributed by atoms with Crippen LogP contribution in [0.25, 0.3) is 0 Å². The molecule has 1 atom stereocenters. The highest BCUT2D eigenvalue weighted by atomic mass is 16.6. The fourth-order valence-electron chi connectivity index (χ4n) is 2.49. The van der Waals surface area contributed by atoms with Crippen molar-refractivity contribution in [3.8, 4) is 11.5 Å². The van der Waals surface area contributed by atoms with Gasteiger partial charge in [0.05, 0.1) is 0 Å². The van der Waals surface area contributed by atoms with Gasteiger partial charge in [0.2, 0.25) is 0 Å². The van der Waals surface area contributed by atoms with Gasteiger partial charge in [0.25, 0.3) is 0 Å². The second kappa shape index (κ2) is 4.34. The second-order valence-electron chi connectivity index (χ2n) is 4.50. The Morgan fingerprint density at radius 3 is 3.06 bits per heavy atom. The van der Waals surface area contributed by atoms with Crippen molar-refractivity contribution in [1.82, 2.24) is 5.32 Å². The summed E-state index contributed by atoms with van der Waals surface area (Å²) in [6.07, 6.45) is 2.37. The van der Waals surface area contributed by atoms with Gasteiger partial charge in [-0.3, -0.25) is 0 Å². The topological polar surface area (TPSA) is 30.5 Å². The smallest absolute Gasteiger partial charge is 0.164 e. The molecule has 0 amide bonds. The van der Waals surface area contributed by atoms with Gasteiger partial charge >= 0.3 is 0 Å². The Morgan fingerprint density at radius 1 is 1.25 bits per heavy atom. The lowest BCUT2D eigenvalue weighted by Gasteiger charge is -2.21. The van der Waals surface area contributed by atoms with Crippen LogP contribution in [-0.4, -0.2) is 26.3 Å². The summed E-state index contributed by atoms with van der Waals surface area (Å²) in [6, 6.07) is 6.21. The van der Waals surface area contributed by atoms with E-state index in [-0.39, 0.29) is 0 Å². The van der Waals surface area contributed by atoms with Gasteiger partial charge in [0, 0.05) is 0 Å². The summed E-state index contributed by atoms with van der Waals surface area (Å²) in [6.45, 7) is 3.62. The van der Waals surface area contributed by atoms with E-state index in [0.29, 0.717) is 13.2 Å². The minimum atomic E-state index is 0.668. The van der Waals surface area contributed by atoms with Crippen molar-refractivity contribution in [2.24, 2.45) is 5.92 Å². The van der Waals surface area contributed by atoms with E-state index in [1.54, 1.807) is 0 Å². The monoisotopic (exact) mass is 219 g/mol. The van der Waals surface area contributed by atoms with Gasteiger partial charge in [-0.05, 0) is 43.5 Å². The average Bonchev–Trinajstić information content (AvgIpc) is 2.82. The van der Waals surface area contributed by atoms with Gasteiger partial charge < -0.3 is 14.8 Å². The largest absolute Gasteiger partial charge is 0.486 e. The van der Waals surface area contributed by atoms with E-state index in [4.69, 9.17) is 9.47 Å². The third-order valence-corrected chi connectivity index (χ3v) is 3.32. The molecule has 1 aromatic carbocycles. The summed E-state index contributed by atoms with van der Waals surface area (Å²) >= 11 is 0. The van der Waals surface area contributed by atoms with Gasteiger partial charge in [0.15, 0.2) is 11.5 Å². The lowest BCUT2D eigenvalue weighted by molar-refractivity contribution is 0.169. The number of hydrogen-bond acceptors (Lipinski definition) is 3. The first-order chi connectivity index (χ1) is 7.93. The molecule has 0 saturated carbocycles. The van der Waals surface area contributed by atoms with Crippen LogP contribution in [0.5, 0.6) is 11.5 Å². The SMILES string of the molecule is c1cc(CC2CCNC2)c2c(c1)OCCO2. The van der Waals surface area contributed by atoms with Gasteiger partial charge in [-0.1, -0.05) is 12.1 Å². The van der Waals surface area contributed by atoms with E-state index in [1.165, 1.54) is 12.0 Å². The van der Waals surface area contributed by atoms with Crippen molar-refractivity contribution in [2.75, 3.05) is 26.3 Å². The fourth-order valence-corrected chi connectivity index (χ4v) is 2.49. The van der Waals surface area contributed by atoms with E-state index in [1.807, 2.05) is 6.07 Å². The fraction of sp³-hybridized carbons (Fsp3) is 0.538. The van der Waals surface area contributed by atoms with Gasteiger partial charge in [-0.15, -0.1) is 0 Å². The standard InChI is InChI=1S/C13H17NO2/c1-2-11(8-10-4-5-14-9-10)13-12(3-1)15-6-7-16-13/h1-3,10,14H,4-9H2. The van der Waals surface area contributed by atoms with E-state index in [0.717, 1.165) is 36.9 Å². The molecule has 1 N–H and O–H groups in total. The first kappa shape index (κ1) is 9.97. The summed E-state index contributed by atoms with van der Waals surface area (Å²) in [7, 11) is 0. The Bertz CT molecular complexity index is 372. The maximum Gasteiger partial charge on any atom is 0.164 e. The van der Waals surface area contributed by atoms with Crippen molar-refractivity contribution in [3.63, 3.8) is 0 Å². The lowest BCUT2D eigenvalue weighted by atomic mass is 9.97. The number of benzene rings is 1. The molecule has 1 fully saturated rings. The van der Waals surface area contributed by atoms with Crippen LogP contribution >= 0.6 is 0 Å². The quantitative estimate of drug-likeness (QED) is 0.819. The van der Waals surface area contributed by atoms with Gasteiger partial charge in [-0.25, -0.2) is 0 Å². The first-order valence-corrected chi connectivity index (χ1v) is 6.02. The molecule has 0 bridgehead atoms. The van der Waals surface area contributed by atoms with Crippen molar-refractivity contribution < 1.29 is 9.47 Å². The summed E-state index contributed by atoms with van der Waals surface area (Å²) in [5.74, 6) is 2.63. The van der Waals surface area contributed by atoms with Crippen LogP contribution < -0.4 is 14.8 Å². The van der Waals surface area contributed by atoms with E-state index in [2.05, 4.69) is 17.4 Å². The summed E-state index contributed by atoms with van der Waals surface area (Å²) in [5, 5.41) is 3.40. The minimum absolute atomic E-state index is 0.668. The molecular formula is C13H17NO2. The highest BCUT2D eigenvalue weighted by molar-refractivity contribution is 5.47. The molecule has 86 valence electrons. The zero-order valence-corrected chi connectivity index (χ0v) is 9.37. The average molecular weight is 219 g/mol. The van der Waals surface area contributed by atoms with Crippen molar-refractivity contribution in [1.29, 1.82) is 0 Å². The van der Waals surface area contributed by atoms with Crippen LogP contribution in [0.1, 0.15) is 12.0 Å².